The number of aromatic nitrogens is 1. The lowest BCUT2D eigenvalue weighted by molar-refractivity contribution is 0.582. The molecule has 0 saturated carbocycles. The van der Waals surface area contributed by atoms with Gasteiger partial charge in [-0.1, -0.05) is 30.0 Å². The third-order valence-electron chi connectivity index (χ3n) is 3.68. The van der Waals surface area contributed by atoms with E-state index < -0.39 is 27.3 Å². The van der Waals surface area contributed by atoms with Gasteiger partial charge in [0.05, 0.1) is 0 Å². The molecule has 3 rings (SSSR count). The molecule has 0 aliphatic heterocycles. The number of pyridine rings is 1. The zero-order chi connectivity index (χ0) is 19.4. The summed E-state index contributed by atoms with van der Waals surface area (Å²) in [6.45, 7) is 1.56. The van der Waals surface area contributed by atoms with Gasteiger partial charge in [-0.3, -0.25) is 9.71 Å². The van der Waals surface area contributed by atoms with E-state index in [1.54, 1.807) is 31.2 Å². The van der Waals surface area contributed by atoms with E-state index in [4.69, 9.17) is 0 Å². The second-order valence-corrected chi connectivity index (χ2v) is 7.33. The average Bonchev–Trinajstić information content (AvgIpc) is 2.64. The molecule has 0 aliphatic carbocycles. The summed E-state index contributed by atoms with van der Waals surface area (Å²) in [5, 5.41) is 0. The molecule has 0 spiro atoms. The molecule has 136 valence electrons. The van der Waals surface area contributed by atoms with Gasteiger partial charge in [0, 0.05) is 23.5 Å². The SMILES string of the molecule is Cc1ccncc1S(=O)(=O)Nc1c(F)cc(C#Cc2ccccc2)cc1F. The number of hydrogen-bond donors (Lipinski definition) is 1. The smallest absolute Gasteiger partial charge is 0.263 e. The fraction of sp³-hybridized carbons (Fsp3) is 0.0500. The lowest BCUT2D eigenvalue weighted by Crippen LogP contribution is -2.16. The lowest BCUT2D eigenvalue weighted by atomic mass is 10.1. The first-order valence-corrected chi connectivity index (χ1v) is 9.35. The van der Waals surface area contributed by atoms with Gasteiger partial charge in [-0.2, -0.15) is 0 Å². The van der Waals surface area contributed by atoms with Crippen LogP contribution in [0.4, 0.5) is 14.5 Å². The van der Waals surface area contributed by atoms with Crippen LogP contribution in [-0.2, 0) is 10.0 Å². The fourth-order valence-corrected chi connectivity index (χ4v) is 3.59. The molecule has 4 nitrogen and oxygen atoms in total. The normalized spacial score (nSPS) is 10.8. The molecule has 7 heteroatoms. The van der Waals surface area contributed by atoms with Crippen molar-refractivity contribution in [2.24, 2.45) is 0 Å². The first-order chi connectivity index (χ1) is 12.9. The summed E-state index contributed by atoms with van der Waals surface area (Å²) < 4.78 is 55.4. The van der Waals surface area contributed by atoms with Crippen molar-refractivity contribution in [2.45, 2.75) is 11.8 Å². The van der Waals surface area contributed by atoms with Crippen LogP contribution in [0.3, 0.4) is 0 Å². The molecule has 0 saturated heterocycles. The average molecular weight is 384 g/mol. The number of hydrogen-bond acceptors (Lipinski definition) is 3. The molecule has 27 heavy (non-hydrogen) atoms. The van der Waals surface area contributed by atoms with Crippen LogP contribution in [0, 0.1) is 30.4 Å². The van der Waals surface area contributed by atoms with Crippen LogP contribution in [0.2, 0.25) is 0 Å². The highest BCUT2D eigenvalue weighted by atomic mass is 32.2. The van der Waals surface area contributed by atoms with Crippen molar-refractivity contribution in [1.29, 1.82) is 0 Å². The predicted molar refractivity (Wildman–Crippen MR) is 98.6 cm³/mol. The Labute approximate surface area is 156 Å². The number of benzene rings is 2. The summed E-state index contributed by atoms with van der Waals surface area (Å²) in [6, 6.07) is 12.4. The topological polar surface area (TPSA) is 59.1 Å². The van der Waals surface area contributed by atoms with E-state index in [1.807, 2.05) is 10.8 Å². The minimum atomic E-state index is -4.19. The highest BCUT2D eigenvalue weighted by Crippen LogP contribution is 2.24. The molecular formula is C20H14F2N2O2S. The highest BCUT2D eigenvalue weighted by Gasteiger charge is 2.21. The summed E-state index contributed by atoms with van der Waals surface area (Å²) in [5.41, 5.74) is 0.427. The number of rotatable bonds is 3. The molecule has 2 aromatic carbocycles. The number of aryl methyl sites for hydroxylation is 1. The molecule has 3 aromatic rings. The van der Waals surface area contributed by atoms with Gasteiger partial charge in [0.1, 0.15) is 10.6 Å². The summed E-state index contributed by atoms with van der Waals surface area (Å²) in [4.78, 5) is 3.58. The number of halogens is 2. The van der Waals surface area contributed by atoms with Crippen LogP contribution >= 0.6 is 0 Å². The Kier molecular flexibility index (Phi) is 5.19. The van der Waals surface area contributed by atoms with Gasteiger partial charge in [-0.15, -0.1) is 0 Å². The van der Waals surface area contributed by atoms with E-state index in [0.29, 0.717) is 11.1 Å². The molecule has 1 aromatic heterocycles. The van der Waals surface area contributed by atoms with Crippen LogP contribution in [-0.4, -0.2) is 13.4 Å². The van der Waals surface area contributed by atoms with Crippen LogP contribution in [0.15, 0.2) is 65.8 Å². The highest BCUT2D eigenvalue weighted by molar-refractivity contribution is 7.92. The van der Waals surface area contributed by atoms with Crippen molar-refractivity contribution in [3.05, 3.63) is 89.2 Å². The summed E-state index contributed by atoms with van der Waals surface area (Å²) >= 11 is 0. The van der Waals surface area contributed by atoms with Gasteiger partial charge in [-0.05, 0) is 42.8 Å². The Morgan fingerprint density at radius 2 is 1.59 bits per heavy atom. The van der Waals surface area contributed by atoms with Gasteiger partial charge in [0.15, 0.2) is 11.6 Å². The quantitative estimate of drug-likeness (QED) is 0.698. The van der Waals surface area contributed by atoms with Crippen molar-refractivity contribution in [1.82, 2.24) is 4.98 Å². The van der Waals surface area contributed by atoms with E-state index in [-0.39, 0.29) is 10.5 Å². The Hall–Kier alpha value is -3.24. The van der Waals surface area contributed by atoms with Crippen molar-refractivity contribution in [3.63, 3.8) is 0 Å². The third kappa shape index (κ3) is 4.30. The molecule has 0 unspecified atom stereocenters. The van der Waals surface area contributed by atoms with Crippen LogP contribution in [0.1, 0.15) is 16.7 Å². The lowest BCUT2D eigenvalue weighted by Gasteiger charge is -2.11. The van der Waals surface area contributed by atoms with E-state index in [9.17, 15) is 17.2 Å². The van der Waals surface area contributed by atoms with Crippen LogP contribution in [0.5, 0.6) is 0 Å². The Morgan fingerprint density at radius 1 is 0.963 bits per heavy atom. The summed E-state index contributed by atoms with van der Waals surface area (Å²) in [7, 11) is -4.19. The first-order valence-electron chi connectivity index (χ1n) is 7.86. The van der Waals surface area contributed by atoms with E-state index >= 15 is 0 Å². The monoisotopic (exact) mass is 384 g/mol. The zero-order valence-electron chi connectivity index (χ0n) is 14.2. The number of nitrogens with one attached hydrogen (secondary N) is 1. The first kappa shape index (κ1) is 18.5. The predicted octanol–water partition coefficient (Wildman–Crippen LogP) is 3.87. The molecule has 0 amide bonds. The Bertz CT molecular complexity index is 1130. The number of anilines is 1. The third-order valence-corrected chi connectivity index (χ3v) is 5.16. The number of nitrogens with zero attached hydrogens (tertiary/aromatic N) is 1. The molecule has 0 bridgehead atoms. The van der Waals surface area contributed by atoms with E-state index in [1.165, 1.54) is 12.3 Å². The van der Waals surface area contributed by atoms with Crippen LogP contribution in [0.25, 0.3) is 0 Å². The molecule has 0 fully saturated rings. The maximum absolute atomic E-state index is 14.3. The van der Waals surface area contributed by atoms with Crippen molar-refractivity contribution in [2.75, 3.05) is 4.72 Å². The van der Waals surface area contributed by atoms with E-state index in [2.05, 4.69) is 16.8 Å². The summed E-state index contributed by atoms with van der Waals surface area (Å²) in [6.07, 6.45) is 2.54. The largest absolute Gasteiger partial charge is 0.274 e. The molecule has 1 N–H and O–H groups in total. The molecule has 0 aliphatic rings. The minimum Gasteiger partial charge on any atom is -0.274 e. The van der Waals surface area contributed by atoms with Gasteiger partial charge in [0.2, 0.25) is 0 Å². The second-order valence-electron chi connectivity index (χ2n) is 5.68. The molecule has 0 radical (unpaired) electrons. The van der Waals surface area contributed by atoms with Gasteiger partial charge >= 0.3 is 0 Å². The van der Waals surface area contributed by atoms with E-state index in [0.717, 1.165) is 18.3 Å². The van der Waals surface area contributed by atoms with Gasteiger partial charge in [0.25, 0.3) is 10.0 Å². The standard InChI is InChI=1S/C20H14F2N2O2S/c1-14-9-10-23-13-19(14)27(25,26)24-20-17(21)11-16(12-18(20)22)8-7-15-5-3-2-4-6-15/h2-6,9-13,24H,1H3. The molecule has 1 heterocycles. The second kappa shape index (κ2) is 7.56. The maximum Gasteiger partial charge on any atom is 0.263 e. The minimum absolute atomic E-state index is 0.0920. The van der Waals surface area contributed by atoms with Gasteiger partial charge in [-0.25, -0.2) is 17.2 Å². The number of sulfonamides is 1. The van der Waals surface area contributed by atoms with Crippen LogP contribution < -0.4 is 4.72 Å². The van der Waals surface area contributed by atoms with Crippen molar-refractivity contribution >= 4 is 15.7 Å². The fourth-order valence-electron chi connectivity index (χ4n) is 2.33. The zero-order valence-corrected chi connectivity index (χ0v) is 15.0. The Balaban J connectivity index is 1.92. The molecular weight excluding hydrogens is 370 g/mol. The van der Waals surface area contributed by atoms with Crippen molar-refractivity contribution in [3.8, 4) is 11.8 Å². The van der Waals surface area contributed by atoms with Crippen molar-refractivity contribution < 1.29 is 17.2 Å². The molecule has 0 atom stereocenters. The summed E-state index contributed by atoms with van der Waals surface area (Å²) in [5.74, 6) is 3.33. The van der Waals surface area contributed by atoms with Gasteiger partial charge < -0.3 is 0 Å². The maximum atomic E-state index is 14.3. The Morgan fingerprint density at radius 3 is 2.22 bits per heavy atom.